The lowest BCUT2D eigenvalue weighted by Crippen LogP contribution is -2.30. The highest BCUT2D eigenvalue weighted by Crippen LogP contribution is 2.62. The van der Waals surface area contributed by atoms with Crippen LogP contribution in [-0.2, 0) is 10.6 Å². The number of rotatable bonds is 6. The van der Waals surface area contributed by atoms with Crippen LogP contribution in [0.15, 0.2) is 47.4 Å². The lowest BCUT2D eigenvalue weighted by Gasteiger charge is -2.45. The zero-order valence-electron chi connectivity index (χ0n) is 17.0. The normalized spacial score (nSPS) is 21.3. The first-order valence-electron chi connectivity index (χ1n) is 9.22. The van der Waals surface area contributed by atoms with E-state index in [1.165, 1.54) is 16.9 Å². The van der Waals surface area contributed by atoms with Crippen molar-refractivity contribution in [1.29, 1.82) is 0 Å². The van der Waals surface area contributed by atoms with Crippen LogP contribution in [-0.4, -0.2) is 34.7 Å². The van der Waals surface area contributed by atoms with Crippen molar-refractivity contribution in [3.05, 3.63) is 58.6 Å². The van der Waals surface area contributed by atoms with Crippen LogP contribution in [0.25, 0.3) is 0 Å². The molecule has 0 spiro atoms. The number of hydrogen-bond donors (Lipinski definition) is 3. The molecule has 1 aliphatic rings. The molecule has 0 fully saturated rings. The second-order valence-corrected chi connectivity index (χ2v) is 13.9. The molecule has 0 bridgehead atoms. The molecule has 2 nitrogen and oxygen atoms in total. The summed E-state index contributed by atoms with van der Waals surface area (Å²) >= 11 is 17.4. The van der Waals surface area contributed by atoms with E-state index in [1.807, 2.05) is 59.6 Å². The fourth-order valence-corrected chi connectivity index (χ4v) is 10.4. The molecule has 158 valence electrons. The van der Waals surface area contributed by atoms with Gasteiger partial charge in [-0.05, 0) is 90.0 Å². The van der Waals surface area contributed by atoms with Crippen LogP contribution in [0.5, 0.6) is 0 Å². The molecule has 8 heteroatoms. The standard InChI is InChI=1S/C21H27ClN2S5/c1-26-19-12-21(27-2,28-3)17-11-16(9-10-18(17)29(19)4)24-20(25)23-13-14-5-7-15(22)8-6-14/h5-11,19,29H,12-13H2,1-4H3,(H2,23,24,25). The van der Waals surface area contributed by atoms with E-state index in [1.54, 1.807) is 0 Å². The Morgan fingerprint density at radius 1 is 1.17 bits per heavy atom. The van der Waals surface area contributed by atoms with Gasteiger partial charge in [-0.25, -0.2) is 10.9 Å². The Balaban J connectivity index is 1.76. The Hall–Kier alpha value is -0.180. The maximum atomic E-state index is 5.95. The highest BCUT2D eigenvalue weighted by molar-refractivity contribution is 8.27. The van der Waals surface area contributed by atoms with Gasteiger partial charge in [0, 0.05) is 21.8 Å². The van der Waals surface area contributed by atoms with Gasteiger partial charge in [-0.15, -0.1) is 23.5 Å². The van der Waals surface area contributed by atoms with Crippen molar-refractivity contribution in [2.24, 2.45) is 0 Å². The number of halogens is 1. The van der Waals surface area contributed by atoms with Gasteiger partial charge in [-0.1, -0.05) is 23.7 Å². The van der Waals surface area contributed by atoms with Gasteiger partial charge in [0.25, 0.3) is 0 Å². The van der Waals surface area contributed by atoms with Crippen molar-refractivity contribution in [2.75, 3.05) is 30.3 Å². The van der Waals surface area contributed by atoms with Crippen LogP contribution in [0.2, 0.25) is 5.02 Å². The summed E-state index contributed by atoms with van der Waals surface area (Å²) in [5.74, 6) is 0. The van der Waals surface area contributed by atoms with Crippen molar-refractivity contribution < 1.29 is 0 Å². The fourth-order valence-electron chi connectivity index (χ4n) is 3.53. The highest BCUT2D eigenvalue weighted by Gasteiger charge is 2.41. The number of anilines is 1. The molecule has 0 aromatic heterocycles. The van der Waals surface area contributed by atoms with E-state index in [0.29, 0.717) is 16.2 Å². The molecular formula is C21H27ClN2S5. The molecule has 2 aromatic carbocycles. The lowest BCUT2D eigenvalue weighted by atomic mass is 10.1. The molecule has 0 amide bonds. The van der Waals surface area contributed by atoms with E-state index in [-0.39, 0.29) is 15.0 Å². The summed E-state index contributed by atoms with van der Waals surface area (Å²) in [6, 6.07) is 14.6. The van der Waals surface area contributed by atoms with Crippen LogP contribution in [0, 0.1) is 0 Å². The molecule has 2 unspecified atom stereocenters. The number of benzene rings is 2. The third-order valence-corrected chi connectivity index (χ3v) is 13.3. The van der Waals surface area contributed by atoms with Gasteiger partial charge < -0.3 is 10.6 Å². The number of hydrogen-bond acceptors (Lipinski definition) is 4. The smallest absolute Gasteiger partial charge is 0.171 e. The molecule has 2 N–H and O–H groups in total. The third-order valence-electron chi connectivity index (χ3n) is 5.22. The molecule has 3 rings (SSSR count). The Bertz CT molecular complexity index is 855. The van der Waals surface area contributed by atoms with Crippen LogP contribution < -0.4 is 10.6 Å². The van der Waals surface area contributed by atoms with Crippen LogP contribution in [0.3, 0.4) is 0 Å². The quantitative estimate of drug-likeness (QED) is 0.228. The summed E-state index contributed by atoms with van der Waals surface area (Å²) in [7, 11) is -0.164. The molecule has 0 saturated heterocycles. The fraction of sp³-hybridized carbons (Fsp3) is 0.381. The second kappa shape index (κ2) is 10.4. The van der Waals surface area contributed by atoms with Gasteiger partial charge in [-0.2, -0.15) is 11.8 Å². The first-order chi connectivity index (χ1) is 13.9. The van der Waals surface area contributed by atoms with Crippen LogP contribution >= 0.6 is 70.0 Å². The summed E-state index contributed by atoms with van der Waals surface area (Å²) in [4.78, 5) is 1.53. The lowest BCUT2D eigenvalue weighted by molar-refractivity contribution is 0.784. The summed E-state index contributed by atoms with van der Waals surface area (Å²) in [6.07, 6.45) is 10.3. The van der Waals surface area contributed by atoms with Gasteiger partial charge in [0.05, 0.1) is 4.08 Å². The van der Waals surface area contributed by atoms with Crippen molar-refractivity contribution >= 4 is 80.8 Å². The Labute approximate surface area is 200 Å². The van der Waals surface area contributed by atoms with Crippen molar-refractivity contribution in [3.63, 3.8) is 0 Å². The molecular weight excluding hydrogens is 476 g/mol. The predicted molar refractivity (Wildman–Crippen MR) is 145 cm³/mol. The predicted octanol–water partition coefficient (Wildman–Crippen LogP) is 6.79. The zero-order chi connectivity index (χ0) is 21.0. The Morgan fingerprint density at radius 2 is 1.86 bits per heavy atom. The number of nitrogens with one attached hydrogen (secondary N) is 2. The number of fused-ring (bicyclic) bond motifs is 1. The molecule has 1 aliphatic heterocycles. The first-order valence-corrected chi connectivity index (χ1v) is 15.6. The van der Waals surface area contributed by atoms with E-state index >= 15 is 0 Å². The Morgan fingerprint density at radius 3 is 2.48 bits per heavy atom. The average molecular weight is 503 g/mol. The van der Waals surface area contributed by atoms with Crippen LogP contribution in [0.1, 0.15) is 17.5 Å². The number of thiocarbonyl (C=S) groups is 1. The van der Waals surface area contributed by atoms with E-state index < -0.39 is 0 Å². The minimum Gasteiger partial charge on any atom is -0.358 e. The van der Waals surface area contributed by atoms with Crippen molar-refractivity contribution in [1.82, 2.24) is 5.32 Å². The van der Waals surface area contributed by atoms with E-state index in [2.05, 4.69) is 53.9 Å². The molecule has 2 atom stereocenters. The topological polar surface area (TPSA) is 24.1 Å². The Kier molecular flexibility index (Phi) is 8.44. The molecule has 0 saturated carbocycles. The van der Waals surface area contributed by atoms with Gasteiger partial charge in [0.1, 0.15) is 0 Å². The highest BCUT2D eigenvalue weighted by atomic mass is 35.5. The summed E-state index contributed by atoms with van der Waals surface area (Å²) < 4.78 is 0.812. The zero-order valence-corrected chi connectivity index (χ0v) is 21.9. The third kappa shape index (κ3) is 5.36. The van der Waals surface area contributed by atoms with Gasteiger partial charge >= 0.3 is 0 Å². The number of thiol groups is 1. The van der Waals surface area contributed by atoms with Gasteiger partial charge in [-0.3, -0.25) is 0 Å². The summed E-state index contributed by atoms with van der Waals surface area (Å²) in [6.45, 7) is 0.670. The minimum atomic E-state index is -0.164. The number of thioether (sulfide) groups is 3. The SMILES string of the molecule is CSC1CC(SC)(SC)c2cc(NC(=S)NCc3ccc(Cl)cc3)ccc2[SH]1C. The van der Waals surface area contributed by atoms with Gasteiger partial charge in [0.2, 0.25) is 0 Å². The second-order valence-electron chi connectivity index (χ2n) is 6.83. The van der Waals surface area contributed by atoms with Crippen molar-refractivity contribution in [3.8, 4) is 0 Å². The first kappa shape index (κ1) is 23.5. The molecule has 0 aliphatic carbocycles. The molecule has 1 heterocycles. The molecule has 0 radical (unpaired) electrons. The van der Waals surface area contributed by atoms with Gasteiger partial charge in [0.15, 0.2) is 5.11 Å². The average Bonchev–Trinajstić information content (AvgIpc) is 2.74. The van der Waals surface area contributed by atoms with E-state index in [9.17, 15) is 0 Å². The minimum absolute atomic E-state index is 0.105. The van der Waals surface area contributed by atoms with Crippen molar-refractivity contribution in [2.45, 2.75) is 26.5 Å². The largest absolute Gasteiger partial charge is 0.358 e. The molecule has 2 aromatic rings. The monoisotopic (exact) mass is 502 g/mol. The van der Waals surface area contributed by atoms with E-state index in [0.717, 1.165) is 16.3 Å². The molecule has 29 heavy (non-hydrogen) atoms. The van der Waals surface area contributed by atoms with E-state index in [4.69, 9.17) is 23.8 Å². The van der Waals surface area contributed by atoms with Crippen LogP contribution in [0.4, 0.5) is 5.69 Å². The maximum absolute atomic E-state index is 5.95. The summed E-state index contributed by atoms with van der Waals surface area (Å²) in [5.41, 5.74) is 3.66. The summed E-state index contributed by atoms with van der Waals surface area (Å²) in [5, 5.41) is 8.04. The maximum Gasteiger partial charge on any atom is 0.171 e.